The van der Waals surface area contributed by atoms with Crippen molar-refractivity contribution in [3.05, 3.63) is 34.1 Å². The second kappa shape index (κ2) is 6.48. The van der Waals surface area contributed by atoms with Crippen LogP contribution >= 0.6 is 15.9 Å². The Morgan fingerprint density at radius 2 is 2.26 bits per heavy atom. The zero-order chi connectivity index (χ0) is 13.8. The molecule has 1 aromatic carbocycles. The van der Waals surface area contributed by atoms with Gasteiger partial charge in [-0.1, -0.05) is 22.4 Å². The zero-order valence-corrected chi connectivity index (χ0v) is 12.2. The highest BCUT2D eigenvalue weighted by Crippen LogP contribution is 2.25. The minimum Gasteiger partial charge on any atom is -0.369 e. The molecule has 0 bridgehead atoms. The normalized spacial score (nSPS) is 23.3. The van der Waals surface area contributed by atoms with E-state index in [-0.39, 0.29) is 23.7 Å². The summed E-state index contributed by atoms with van der Waals surface area (Å²) in [5.41, 5.74) is 6.25. The van der Waals surface area contributed by atoms with E-state index in [0.717, 1.165) is 35.7 Å². The van der Waals surface area contributed by atoms with E-state index >= 15 is 0 Å². The van der Waals surface area contributed by atoms with Crippen molar-refractivity contribution in [2.24, 2.45) is 11.7 Å². The van der Waals surface area contributed by atoms with Gasteiger partial charge < -0.3 is 11.1 Å². The van der Waals surface area contributed by atoms with Gasteiger partial charge in [-0.15, -0.1) is 0 Å². The van der Waals surface area contributed by atoms with Crippen LogP contribution in [0.25, 0.3) is 0 Å². The first kappa shape index (κ1) is 14.5. The van der Waals surface area contributed by atoms with Crippen LogP contribution in [-0.2, 0) is 11.3 Å². The highest BCUT2D eigenvalue weighted by atomic mass is 79.9. The number of benzene rings is 1. The van der Waals surface area contributed by atoms with Crippen molar-refractivity contribution in [2.75, 3.05) is 0 Å². The van der Waals surface area contributed by atoms with E-state index in [1.165, 1.54) is 12.1 Å². The average molecular weight is 329 g/mol. The third kappa shape index (κ3) is 4.01. The molecule has 1 aliphatic carbocycles. The number of hydrogen-bond acceptors (Lipinski definition) is 2. The van der Waals surface area contributed by atoms with Crippen LogP contribution in [0.3, 0.4) is 0 Å². The van der Waals surface area contributed by atoms with Gasteiger partial charge in [0.15, 0.2) is 0 Å². The molecular weight excluding hydrogens is 311 g/mol. The highest BCUT2D eigenvalue weighted by Gasteiger charge is 2.25. The summed E-state index contributed by atoms with van der Waals surface area (Å²) in [6.45, 7) is 0.592. The fourth-order valence-corrected chi connectivity index (χ4v) is 2.95. The summed E-state index contributed by atoms with van der Waals surface area (Å²) in [5, 5.41) is 3.39. The molecule has 2 atom stereocenters. The molecule has 0 aromatic heterocycles. The lowest BCUT2D eigenvalue weighted by molar-refractivity contribution is -0.122. The van der Waals surface area contributed by atoms with Gasteiger partial charge in [-0.2, -0.15) is 0 Å². The van der Waals surface area contributed by atoms with Gasteiger partial charge in [0, 0.05) is 23.0 Å². The maximum atomic E-state index is 13.2. The Balaban J connectivity index is 1.91. The maximum Gasteiger partial charge on any atom is 0.220 e. The Labute approximate surface area is 120 Å². The Kier molecular flexibility index (Phi) is 4.93. The molecule has 0 spiro atoms. The number of hydrogen-bond donors (Lipinski definition) is 2. The molecule has 2 rings (SSSR count). The smallest absolute Gasteiger partial charge is 0.220 e. The summed E-state index contributed by atoms with van der Waals surface area (Å²) in [6.07, 6.45) is 3.71. The SMILES string of the molecule is NC(=O)[C@H]1CCC[C@H](NCc2cc(F)ccc2Br)C1. The van der Waals surface area contributed by atoms with Crippen molar-refractivity contribution in [2.45, 2.75) is 38.3 Å². The first-order chi connectivity index (χ1) is 9.06. The van der Waals surface area contributed by atoms with Crippen LogP contribution in [0.2, 0.25) is 0 Å². The fourth-order valence-electron chi connectivity index (χ4n) is 2.57. The number of primary amides is 1. The van der Waals surface area contributed by atoms with Gasteiger partial charge >= 0.3 is 0 Å². The zero-order valence-electron chi connectivity index (χ0n) is 10.7. The van der Waals surface area contributed by atoms with E-state index in [1.54, 1.807) is 6.07 Å². The Morgan fingerprint density at radius 1 is 1.47 bits per heavy atom. The van der Waals surface area contributed by atoms with Gasteiger partial charge in [0.1, 0.15) is 5.82 Å². The molecule has 5 heteroatoms. The van der Waals surface area contributed by atoms with E-state index in [1.807, 2.05) is 0 Å². The summed E-state index contributed by atoms with van der Waals surface area (Å²) in [7, 11) is 0. The monoisotopic (exact) mass is 328 g/mol. The number of carbonyl (C=O) groups is 1. The summed E-state index contributed by atoms with van der Waals surface area (Å²) >= 11 is 3.41. The van der Waals surface area contributed by atoms with Crippen LogP contribution in [-0.4, -0.2) is 11.9 Å². The molecule has 1 aromatic rings. The summed E-state index contributed by atoms with van der Waals surface area (Å²) in [5.74, 6) is -0.473. The van der Waals surface area contributed by atoms with Gasteiger partial charge in [-0.3, -0.25) is 4.79 Å². The van der Waals surface area contributed by atoms with Crippen LogP contribution in [0, 0.1) is 11.7 Å². The topological polar surface area (TPSA) is 55.1 Å². The molecule has 0 radical (unpaired) electrons. The average Bonchev–Trinajstić information content (AvgIpc) is 2.40. The molecule has 1 aliphatic rings. The molecule has 104 valence electrons. The molecule has 0 saturated heterocycles. The predicted molar refractivity (Wildman–Crippen MR) is 75.9 cm³/mol. The molecule has 0 unspecified atom stereocenters. The number of amides is 1. The van der Waals surface area contributed by atoms with E-state index in [0.29, 0.717) is 6.54 Å². The largest absolute Gasteiger partial charge is 0.369 e. The number of carbonyl (C=O) groups excluding carboxylic acids is 1. The van der Waals surface area contributed by atoms with E-state index in [4.69, 9.17) is 5.73 Å². The summed E-state index contributed by atoms with van der Waals surface area (Å²) in [6, 6.07) is 4.93. The van der Waals surface area contributed by atoms with Crippen LogP contribution in [0.4, 0.5) is 4.39 Å². The minimum absolute atomic E-state index is 0.0257. The van der Waals surface area contributed by atoms with E-state index in [9.17, 15) is 9.18 Å². The molecule has 3 nitrogen and oxygen atoms in total. The van der Waals surface area contributed by atoms with Crippen LogP contribution in [0.5, 0.6) is 0 Å². The second-order valence-electron chi connectivity index (χ2n) is 5.08. The molecule has 1 amide bonds. The van der Waals surface area contributed by atoms with Crippen molar-refractivity contribution in [3.8, 4) is 0 Å². The lowest BCUT2D eigenvalue weighted by Gasteiger charge is -2.28. The second-order valence-corrected chi connectivity index (χ2v) is 5.93. The van der Waals surface area contributed by atoms with Gasteiger partial charge in [0.2, 0.25) is 5.91 Å². The number of halogens is 2. The Hall–Kier alpha value is -0.940. The predicted octanol–water partition coefficient (Wildman–Crippen LogP) is 2.72. The Morgan fingerprint density at radius 3 is 3.00 bits per heavy atom. The fraction of sp³-hybridized carbons (Fsp3) is 0.500. The van der Waals surface area contributed by atoms with Crippen molar-refractivity contribution in [3.63, 3.8) is 0 Å². The quantitative estimate of drug-likeness (QED) is 0.892. The third-order valence-corrected chi connectivity index (χ3v) is 4.44. The summed E-state index contributed by atoms with van der Waals surface area (Å²) in [4.78, 5) is 11.2. The molecule has 0 aliphatic heterocycles. The lowest BCUT2D eigenvalue weighted by Crippen LogP contribution is -2.38. The van der Waals surface area contributed by atoms with E-state index in [2.05, 4.69) is 21.2 Å². The standard InChI is InChI=1S/C14H18BrFN2O/c15-13-5-4-11(16)6-10(13)8-18-12-3-1-2-9(7-12)14(17)19/h4-6,9,12,18H,1-3,7-8H2,(H2,17,19)/t9-,12-/m0/s1. The summed E-state index contributed by atoms with van der Waals surface area (Å²) < 4.78 is 14.1. The molecule has 1 saturated carbocycles. The first-order valence-electron chi connectivity index (χ1n) is 6.53. The Bertz CT molecular complexity index is 467. The molecule has 0 heterocycles. The first-order valence-corrected chi connectivity index (χ1v) is 7.32. The van der Waals surface area contributed by atoms with Crippen LogP contribution in [0.1, 0.15) is 31.2 Å². The van der Waals surface area contributed by atoms with Gasteiger partial charge in [-0.25, -0.2) is 4.39 Å². The maximum absolute atomic E-state index is 13.2. The number of nitrogens with one attached hydrogen (secondary N) is 1. The third-order valence-electron chi connectivity index (χ3n) is 3.67. The van der Waals surface area contributed by atoms with Crippen molar-refractivity contribution < 1.29 is 9.18 Å². The van der Waals surface area contributed by atoms with Crippen LogP contribution < -0.4 is 11.1 Å². The molecule has 19 heavy (non-hydrogen) atoms. The molecule has 3 N–H and O–H groups in total. The van der Waals surface area contributed by atoms with Crippen molar-refractivity contribution in [1.82, 2.24) is 5.32 Å². The lowest BCUT2D eigenvalue weighted by atomic mass is 9.85. The molecule has 1 fully saturated rings. The minimum atomic E-state index is -0.237. The van der Waals surface area contributed by atoms with Gasteiger partial charge in [0.25, 0.3) is 0 Å². The van der Waals surface area contributed by atoms with Crippen LogP contribution in [0.15, 0.2) is 22.7 Å². The number of rotatable bonds is 4. The van der Waals surface area contributed by atoms with Gasteiger partial charge in [0.05, 0.1) is 0 Å². The van der Waals surface area contributed by atoms with Gasteiger partial charge in [-0.05, 0) is 43.0 Å². The van der Waals surface area contributed by atoms with E-state index < -0.39 is 0 Å². The molecular formula is C14H18BrFN2O. The number of nitrogens with two attached hydrogens (primary N) is 1. The highest BCUT2D eigenvalue weighted by molar-refractivity contribution is 9.10. The van der Waals surface area contributed by atoms with Crippen molar-refractivity contribution in [1.29, 1.82) is 0 Å². The van der Waals surface area contributed by atoms with Crippen molar-refractivity contribution >= 4 is 21.8 Å².